The summed E-state index contributed by atoms with van der Waals surface area (Å²) in [6, 6.07) is 5.35. The van der Waals surface area contributed by atoms with Gasteiger partial charge < -0.3 is 14.4 Å². The van der Waals surface area contributed by atoms with E-state index in [0.29, 0.717) is 0 Å². The maximum absolute atomic E-state index is 10.1. The molecule has 4 heteroatoms. The summed E-state index contributed by atoms with van der Waals surface area (Å²) in [6.07, 6.45) is 7.42. The lowest BCUT2D eigenvalue weighted by Gasteiger charge is -2.16. The number of aromatic hydroxyl groups is 1. The molecule has 0 aromatic heterocycles. The summed E-state index contributed by atoms with van der Waals surface area (Å²) >= 11 is 1.33. The Morgan fingerprint density at radius 2 is 2.22 bits per heavy atom. The van der Waals surface area contributed by atoms with Crippen molar-refractivity contribution in [3.63, 3.8) is 0 Å². The number of phenols is 1. The molecule has 1 aliphatic carbocycles. The van der Waals surface area contributed by atoms with Crippen molar-refractivity contribution in [3.8, 4) is 5.75 Å². The number of benzene rings is 1. The number of allylic oxidation sites excluding steroid dienone is 1. The number of phenolic OH excluding ortho intramolecular Hbond substituents is 1. The topological polar surface area (TPSA) is 49.7 Å². The Bertz CT molecular complexity index is 658. The summed E-state index contributed by atoms with van der Waals surface area (Å²) in [7, 11) is 0. The maximum atomic E-state index is 10.1. The van der Waals surface area contributed by atoms with Crippen molar-refractivity contribution in [1.82, 2.24) is 0 Å². The van der Waals surface area contributed by atoms with Gasteiger partial charge in [0.25, 0.3) is 0 Å². The third-order valence-electron chi connectivity index (χ3n) is 3.01. The molecule has 1 heterocycles. The van der Waals surface area contributed by atoms with Crippen LogP contribution in [0.1, 0.15) is 0 Å². The molecule has 0 amide bonds. The molecule has 3 nitrogen and oxygen atoms in total. The van der Waals surface area contributed by atoms with Crippen LogP contribution in [0, 0.1) is 0 Å². The number of fused-ring (bicyclic) bond motifs is 2. The number of aliphatic hydroxyl groups is 1. The van der Waals surface area contributed by atoms with Gasteiger partial charge in [0.2, 0.25) is 0 Å². The van der Waals surface area contributed by atoms with Crippen LogP contribution in [0.4, 0.5) is 0 Å². The van der Waals surface area contributed by atoms with E-state index in [1.807, 2.05) is 24.3 Å². The van der Waals surface area contributed by atoms with Crippen LogP contribution in [-0.2, 0) is 4.18 Å². The van der Waals surface area contributed by atoms with Crippen LogP contribution in [-0.4, -0.2) is 22.1 Å². The number of aliphatic hydroxyl groups excluding tert-OH is 1. The molecule has 0 spiro atoms. The molecule has 1 atom stereocenters. The molecule has 0 saturated heterocycles. The summed E-state index contributed by atoms with van der Waals surface area (Å²) < 4.78 is 5.43. The van der Waals surface area contributed by atoms with Gasteiger partial charge in [-0.15, -0.1) is 0 Å². The summed E-state index contributed by atoms with van der Waals surface area (Å²) in [4.78, 5) is 0. The van der Waals surface area contributed by atoms with Crippen LogP contribution >= 0.6 is 12.0 Å². The van der Waals surface area contributed by atoms with Gasteiger partial charge in [0.1, 0.15) is 12.0 Å². The van der Waals surface area contributed by atoms with Crippen LogP contribution < -0.4 is 10.4 Å². The quantitative estimate of drug-likeness (QED) is 0.734. The average Bonchev–Trinajstić information content (AvgIpc) is 2.58. The first kappa shape index (κ1) is 11.4. The zero-order chi connectivity index (χ0) is 12.5. The van der Waals surface area contributed by atoms with Crippen LogP contribution in [0.3, 0.4) is 0 Å². The number of hydrogen-bond acceptors (Lipinski definition) is 4. The maximum Gasteiger partial charge on any atom is 0.123 e. The van der Waals surface area contributed by atoms with Crippen LogP contribution in [0.2, 0.25) is 0 Å². The van der Waals surface area contributed by atoms with Gasteiger partial charge in [0.05, 0.1) is 23.9 Å². The number of hydrogen-bond donors (Lipinski definition) is 2. The zero-order valence-electron chi connectivity index (χ0n) is 9.54. The first-order chi connectivity index (χ1) is 8.79. The fourth-order valence-corrected chi connectivity index (χ4v) is 2.86. The Hall–Kier alpha value is -1.65. The Morgan fingerprint density at radius 1 is 1.33 bits per heavy atom. The predicted octanol–water partition coefficient (Wildman–Crippen LogP) is 0.816. The molecular weight excluding hydrogens is 248 g/mol. The van der Waals surface area contributed by atoms with Crippen molar-refractivity contribution >= 4 is 23.9 Å². The van der Waals surface area contributed by atoms with E-state index in [-0.39, 0.29) is 17.6 Å². The molecule has 1 aliphatic heterocycles. The second-order valence-electron chi connectivity index (χ2n) is 4.16. The fourth-order valence-electron chi connectivity index (χ4n) is 2.15. The fraction of sp³-hybridized carbons (Fsp3) is 0.143. The highest BCUT2D eigenvalue weighted by molar-refractivity contribution is 7.96. The summed E-state index contributed by atoms with van der Waals surface area (Å²) in [5.41, 5.74) is 1.80. The zero-order valence-corrected chi connectivity index (χ0v) is 10.4. The van der Waals surface area contributed by atoms with E-state index in [1.165, 1.54) is 12.0 Å². The molecule has 3 rings (SSSR count). The molecule has 0 bridgehead atoms. The lowest BCUT2D eigenvalue weighted by molar-refractivity contribution is 0.335. The molecule has 18 heavy (non-hydrogen) atoms. The van der Waals surface area contributed by atoms with Crippen molar-refractivity contribution in [3.05, 3.63) is 52.4 Å². The number of rotatable bonds is 1. The van der Waals surface area contributed by atoms with Gasteiger partial charge in [-0.1, -0.05) is 30.4 Å². The highest BCUT2D eigenvalue weighted by Gasteiger charge is 2.20. The third-order valence-corrected chi connectivity index (χ3v) is 3.84. The van der Waals surface area contributed by atoms with Crippen LogP contribution in [0.15, 0.2) is 42.0 Å². The lowest BCUT2D eigenvalue weighted by atomic mass is 9.98. The van der Waals surface area contributed by atoms with Crippen molar-refractivity contribution in [1.29, 1.82) is 0 Å². The first-order valence-electron chi connectivity index (χ1n) is 5.64. The van der Waals surface area contributed by atoms with Gasteiger partial charge in [0, 0.05) is 10.4 Å². The van der Waals surface area contributed by atoms with E-state index >= 15 is 0 Å². The minimum absolute atomic E-state index is 0.00904. The molecule has 0 radical (unpaired) electrons. The SMILES string of the molecule is OCC1=CC2=c3c(O)cccc3=COSC2C=C1. The molecule has 1 aromatic rings. The summed E-state index contributed by atoms with van der Waals surface area (Å²) in [5.74, 6) is 0.235. The van der Waals surface area contributed by atoms with E-state index in [0.717, 1.165) is 21.6 Å². The van der Waals surface area contributed by atoms with Gasteiger partial charge in [-0.2, -0.15) is 0 Å². The largest absolute Gasteiger partial charge is 0.507 e. The minimum Gasteiger partial charge on any atom is -0.507 e. The minimum atomic E-state index is -0.00904. The van der Waals surface area contributed by atoms with Gasteiger partial charge in [-0.3, -0.25) is 0 Å². The predicted molar refractivity (Wildman–Crippen MR) is 72.0 cm³/mol. The standard InChI is InChI=1S/C14H12O3S/c15-7-9-4-5-13-11(6-9)14-10(8-17-18-13)2-1-3-12(14)16/h1-6,8,13,15-16H,7H2. The van der Waals surface area contributed by atoms with E-state index in [2.05, 4.69) is 0 Å². The third kappa shape index (κ3) is 1.83. The molecular formula is C14H12O3S. The average molecular weight is 260 g/mol. The highest BCUT2D eigenvalue weighted by atomic mass is 32.2. The second-order valence-corrected chi connectivity index (χ2v) is 5.06. The monoisotopic (exact) mass is 260 g/mol. The van der Waals surface area contributed by atoms with Gasteiger partial charge in [-0.25, -0.2) is 0 Å². The van der Waals surface area contributed by atoms with E-state index in [1.54, 1.807) is 18.4 Å². The second kappa shape index (κ2) is 4.55. The smallest absolute Gasteiger partial charge is 0.123 e. The van der Waals surface area contributed by atoms with Crippen molar-refractivity contribution < 1.29 is 14.4 Å². The Kier molecular flexibility index (Phi) is 2.89. The van der Waals surface area contributed by atoms with Crippen molar-refractivity contribution in [2.75, 3.05) is 6.61 Å². The van der Waals surface area contributed by atoms with Gasteiger partial charge in [-0.05, 0) is 17.2 Å². The molecule has 1 aromatic carbocycles. The molecule has 2 N–H and O–H groups in total. The summed E-state index contributed by atoms with van der Waals surface area (Å²) in [5, 5.41) is 20.9. The Morgan fingerprint density at radius 3 is 3.06 bits per heavy atom. The highest BCUT2D eigenvalue weighted by Crippen LogP contribution is 2.29. The molecule has 0 saturated carbocycles. The van der Waals surface area contributed by atoms with Gasteiger partial charge >= 0.3 is 0 Å². The Labute approximate surface area is 109 Å². The van der Waals surface area contributed by atoms with Crippen molar-refractivity contribution in [2.24, 2.45) is 0 Å². The van der Waals surface area contributed by atoms with Crippen molar-refractivity contribution in [2.45, 2.75) is 5.25 Å². The van der Waals surface area contributed by atoms with Gasteiger partial charge in [0.15, 0.2) is 0 Å². The molecule has 1 unspecified atom stereocenters. The van der Waals surface area contributed by atoms with Crippen LogP contribution in [0.5, 0.6) is 5.75 Å². The van der Waals surface area contributed by atoms with E-state index in [4.69, 9.17) is 4.18 Å². The normalized spacial score (nSPS) is 21.1. The lowest BCUT2D eigenvalue weighted by Crippen LogP contribution is -2.28. The first-order valence-corrected chi connectivity index (χ1v) is 6.44. The van der Waals surface area contributed by atoms with E-state index in [9.17, 15) is 10.2 Å². The Balaban J connectivity index is 2.37. The van der Waals surface area contributed by atoms with E-state index < -0.39 is 0 Å². The summed E-state index contributed by atoms with van der Waals surface area (Å²) in [6.45, 7) is -0.00904. The molecule has 2 aliphatic rings. The molecule has 92 valence electrons. The van der Waals surface area contributed by atoms with Crippen LogP contribution in [0.25, 0.3) is 11.8 Å². The molecule has 0 fully saturated rings.